The molecule has 1 aliphatic rings. The molecule has 0 spiro atoms. The van der Waals surface area contributed by atoms with Crippen molar-refractivity contribution in [1.82, 2.24) is 15.1 Å². The maximum atomic E-state index is 12.0. The van der Waals surface area contributed by atoms with Crippen molar-refractivity contribution in [2.24, 2.45) is 0 Å². The van der Waals surface area contributed by atoms with Crippen LogP contribution in [0.15, 0.2) is 0 Å². The first-order valence-corrected chi connectivity index (χ1v) is 6.81. The number of unbranched alkanes of at least 4 members (excludes halogenated alkanes) is 3. The molecule has 0 aromatic heterocycles. The van der Waals surface area contributed by atoms with Gasteiger partial charge in [0.1, 0.15) is 6.04 Å². The SMILES string of the molecule is CCCCCCNC(=O)C1CN(C)CCN1C. The van der Waals surface area contributed by atoms with Crippen molar-refractivity contribution in [1.29, 1.82) is 0 Å². The molecule has 1 saturated heterocycles. The van der Waals surface area contributed by atoms with Gasteiger partial charge in [0.25, 0.3) is 0 Å². The van der Waals surface area contributed by atoms with E-state index in [4.69, 9.17) is 0 Å². The van der Waals surface area contributed by atoms with Crippen LogP contribution in [0.3, 0.4) is 0 Å². The second-order valence-corrected chi connectivity index (χ2v) is 5.11. The Kier molecular flexibility index (Phi) is 6.52. The van der Waals surface area contributed by atoms with Gasteiger partial charge in [-0.2, -0.15) is 0 Å². The topological polar surface area (TPSA) is 35.6 Å². The summed E-state index contributed by atoms with van der Waals surface area (Å²) in [5.74, 6) is 0.190. The molecule has 0 aliphatic carbocycles. The van der Waals surface area contributed by atoms with Gasteiger partial charge in [0.05, 0.1) is 0 Å². The van der Waals surface area contributed by atoms with Crippen LogP contribution in [0.4, 0.5) is 0 Å². The molecule has 4 heteroatoms. The van der Waals surface area contributed by atoms with Gasteiger partial charge in [-0.25, -0.2) is 0 Å². The number of amides is 1. The van der Waals surface area contributed by atoms with Crippen molar-refractivity contribution in [3.8, 4) is 0 Å². The van der Waals surface area contributed by atoms with E-state index in [-0.39, 0.29) is 11.9 Å². The van der Waals surface area contributed by atoms with Crippen molar-refractivity contribution >= 4 is 5.91 Å². The Balaban J connectivity index is 2.21. The molecule has 0 aromatic carbocycles. The van der Waals surface area contributed by atoms with Crippen molar-refractivity contribution in [3.63, 3.8) is 0 Å². The summed E-state index contributed by atoms with van der Waals surface area (Å²) in [6.07, 6.45) is 4.83. The van der Waals surface area contributed by atoms with Gasteiger partial charge in [-0.15, -0.1) is 0 Å². The van der Waals surface area contributed by atoms with Gasteiger partial charge in [-0.3, -0.25) is 9.69 Å². The smallest absolute Gasteiger partial charge is 0.238 e. The summed E-state index contributed by atoms with van der Waals surface area (Å²) in [4.78, 5) is 16.4. The molecular formula is C13H27N3O. The fourth-order valence-electron chi connectivity index (χ4n) is 2.17. The summed E-state index contributed by atoms with van der Waals surface area (Å²) in [7, 11) is 4.11. The maximum Gasteiger partial charge on any atom is 0.238 e. The molecule has 1 rings (SSSR count). The largest absolute Gasteiger partial charge is 0.355 e. The number of hydrogen-bond acceptors (Lipinski definition) is 3. The number of hydrogen-bond donors (Lipinski definition) is 1. The number of likely N-dealkylation sites (N-methyl/N-ethyl adjacent to an activating group) is 2. The van der Waals surface area contributed by atoms with Crippen LogP contribution < -0.4 is 5.32 Å². The van der Waals surface area contributed by atoms with E-state index in [0.717, 1.165) is 32.6 Å². The van der Waals surface area contributed by atoms with Gasteiger partial charge in [0.15, 0.2) is 0 Å². The minimum atomic E-state index is 0.0277. The highest BCUT2D eigenvalue weighted by Gasteiger charge is 2.27. The average molecular weight is 241 g/mol. The lowest BCUT2D eigenvalue weighted by Gasteiger charge is -2.36. The minimum Gasteiger partial charge on any atom is -0.355 e. The third-order valence-corrected chi connectivity index (χ3v) is 3.48. The highest BCUT2D eigenvalue weighted by atomic mass is 16.2. The minimum absolute atomic E-state index is 0.0277. The first-order valence-electron chi connectivity index (χ1n) is 6.81. The highest BCUT2D eigenvalue weighted by Crippen LogP contribution is 2.06. The number of piperazine rings is 1. The highest BCUT2D eigenvalue weighted by molar-refractivity contribution is 5.82. The van der Waals surface area contributed by atoms with Crippen LogP contribution in [0.25, 0.3) is 0 Å². The fourth-order valence-corrected chi connectivity index (χ4v) is 2.17. The number of carbonyl (C=O) groups is 1. The average Bonchev–Trinajstić information content (AvgIpc) is 2.32. The number of carbonyl (C=O) groups excluding carboxylic acids is 1. The van der Waals surface area contributed by atoms with Crippen LogP contribution in [0, 0.1) is 0 Å². The molecule has 1 unspecified atom stereocenters. The van der Waals surface area contributed by atoms with Gasteiger partial charge in [-0.1, -0.05) is 26.2 Å². The quantitative estimate of drug-likeness (QED) is 0.703. The number of nitrogens with one attached hydrogen (secondary N) is 1. The molecular weight excluding hydrogens is 214 g/mol. The third-order valence-electron chi connectivity index (χ3n) is 3.48. The monoisotopic (exact) mass is 241 g/mol. The van der Waals surface area contributed by atoms with E-state index in [9.17, 15) is 4.79 Å². The van der Waals surface area contributed by atoms with Crippen molar-refractivity contribution < 1.29 is 4.79 Å². The lowest BCUT2D eigenvalue weighted by molar-refractivity contribution is -0.127. The van der Waals surface area contributed by atoms with Crippen LogP contribution in [0.2, 0.25) is 0 Å². The van der Waals surface area contributed by atoms with Gasteiger partial charge < -0.3 is 10.2 Å². The van der Waals surface area contributed by atoms with Crippen LogP contribution in [0.5, 0.6) is 0 Å². The van der Waals surface area contributed by atoms with E-state index >= 15 is 0 Å². The van der Waals surface area contributed by atoms with E-state index in [2.05, 4.69) is 29.1 Å². The maximum absolute atomic E-state index is 12.0. The summed E-state index contributed by atoms with van der Waals surface area (Å²) in [5.41, 5.74) is 0. The second kappa shape index (κ2) is 7.67. The second-order valence-electron chi connectivity index (χ2n) is 5.11. The molecule has 0 radical (unpaired) electrons. The summed E-state index contributed by atoms with van der Waals surface area (Å²) in [6, 6.07) is 0.0277. The standard InChI is InChI=1S/C13H27N3O/c1-4-5-6-7-8-14-13(17)12-11-15(2)9-10-16(12)3/h12H,4-11H2,1-3H3,(H,14,17). The molecule has 1 heterocycles. The zero-order valence-electron chi connectivity index (χ0n) is 11.5. The number of rotatable bonds is 6. The molecule has 0 bridgehead atoms. The predicted molar refractivity (Wildman–Crippen MR) is 71.1 cm³/mol. The zero-order valence-corrected chi connectivity index (χ0v) is 11.5. The van der Waals surface area contributed by atoms with Gasteiger partial charge in [0, 0.05) is 26.2 Å². The third kappa shape index (κ3) is 5.04. The molecule has 4 nitrogen and oxygen atoms in total. The Morgan fingerprint density at radius 3 is 2.71 bits per heavy atom. The van der Waals surface area contributed by atoms with E-state index in [1.54, 1.807) is 0 Å². The fraction of sp³-hybridized carbons (Fsp3) is 0.923. The number of nitrogens with zero attached hydrogens (tertiary/aromatic N) is 2. The van der Waals surface area contributed by atoms with Crippen LogP contribution in [0.1, 0.15) is 32.6 Å². The summed E-state index contributed by atoms with van der Waals surface area (Å²) < 4.78 is 0. The Morgan fingerprint density at radius 1 is 1.24 bits per heavy atom. The Hall–Kier alpha value is -0.610. The molecule has 1 fully saturated rings. The Bertz CT molecular complexity index is 233. The van der Waals surface area contributed by atoms with Crippen molar-refractivity contribution in [3.05, 3.63) is 0 Å². The lowest BCUT2D eigenvalue weighted by atomic mass is 10.1. The molecule has 0 saturated carbocycles. The molecule has 1 atom stereocenters. The van der Waals surface area contributed by atoms with E-state index in [0.29, 0.717) is 0 Å². The van der Waals surface area contributed by atoms with E-state index < -0.39 is 0 Å². The Morgan fingerprint density at radius 2 is 2.00 bits per heavy atom. The van der Waals surface area contributed by atoms with Crippen molar-refractivity contribution in [2.45, 2.75) is 38.6 Å². The van der Waals surface area contributed by atoms with E-state index in [1.165, 1.54) is 19.3 Å². The molecule has 17 heavy (non-hydrogen) atoms. The van der Waals surface area contributed by atoms with Crippen LogP contribution in [-0.2, 0) is 4.79 Å². The Labute approximate surface area is 105 Å². The summed E-state index contributed by atoms with van der Waals surface area (Å²) in [6.45, 7) is 5.90. The van der Waals surface area contributed by atoms with Crippen LogP contribution >= 0.6 is 0 Å². The molecule has 0 aromatic rings. The summed E-state index contributed by atoms with van der Waals surface area (Å²) in [5, 5.41) is 3.05. The normalized spacial score (nSPS) is 22.6. The van der Waals surface area contributed by atoms with Gasteiger partial charge in [-0.05, 0) is 20.5 Å². The van der Waals surface area contributed by atoms with Gasteiger partial charge >= 0.3 is 0 Å². The van der Waals surface area contributed by atoms with Crippen LogP contribution in [-0.4, -0.2) is 62.0 Å². The first kappa shape index (κ1) is 14.5. The molecule has 1 aliphatic heterocycles. The van der Waals surface area contributed by atoms with Crippen molar-refractivity contribution in [2.75, 3.05) is 40.3 Å². The predicted octanol–water partition coefficient (Wildman–Crippen LogP) is 0.929. The first-order chi connectivity index (χ1) is 8.15. The molecule has 1 amide bonds. The summed E-state index contributed by atoms with van der Waals surface area (Å²) >= 11 is 0. The lowest BCUT2D eigenvalue weighted by Crippen LogP contribution is -2.56. The van der Waals surface area contributed by atoms with E-state index in [1.807, 2.05) is 7.05 Å². The zero-order chi connectivity index (χ0) is 12.7. The molecule has 1 N–H and O–H groups in total. The van der Waals surface area contributed by atoms with Gasteiger partial charge in [0.2, 0.25) is 5.91 Å². The molecule has 100 valence electrons.